The van der Waals surface area contributed by atoms with Gasteiger partial charge in [0.15, 0.2) is 11.4 Å². The highest BCUT2D eigenvalue weighted by molar-refractivity contribution is 5.99. The Labute approximate surface area is 146 Å². The Hall–Kier alpha value is -2.85. The summed E-state index contributed by atoms with van der Waals surface area (Å²) in [6, 6.07) is 0.915. The van der Waals surface area contributed by atoms with E-state index in [4.69, 9.17) is 0 Å². The third kappa shape index (κ3) is 4.41. The second-order valence-corrected chi connectivity index (χ2v) is 5.43. The van der Waals surface area contributed by atoms with Gasteiger partial charge in [-0.1, -0.05) is 0 Å². The quantitative estimate of drug-likeness (QED) is 0.784. The monoisotopic (exact) mass is 373 g/mol. The van der Waals surface area contributed by atoms with E-state index in [1.807, 2.05) is 0 Å². The molecule has 0 atom stereocenters. The summed E-state index contributed by atoms with van der Waals surface area (Å²) in [7, 11) is 1.19. The van der Waals surface area contributed by atoms with E-state index in [1.165, 1.54) is 24.9 Å². The molecule has 0 radical (unpaired) electrons. The molecule has 2 aromatic heterocycles. The summed E-state index contributed by atoms with van der Waals surface area (Å²) in [6.07, 6.45) is -3.19. The van der Waals surface area contributed by atoms with Gasteiger partial charge in [-0.15, -0.1) is 0 Å². The summed E-state index contributed by atoms with van der Waals surface area (Å²) in [5.74, 6) is -1.19. The molecule has 2 heterocycles. The molecule has 0 unspecified atom stereocenters. The van der Waals surface area contributed by atoms with Gasteiger partial charge in [0.25, 0.3) is 0 Å². The molecule has 0 spiro atoms. The van der Waals surface area contributed by atoms with Crippen LogP contribution in [0.1, 0.15) is 35.2 Å². The number of nitrogens with one attached hydrogen (secondary N) is 1. The number of hydrogen-bond acceptors (Lipinski definition) is 5. The molecule has 1 N–H and O–H groups in total. The lowest BCUT2D eigenvalue weighted by Crippen LogP contribution is -2.17. The number of anilines is 1. The normalized spacial score (nSPS) is 11.5. The summed E-state index contributed by atoms with van der Waals surface area (Å²) in [6.45, 7) is 3.72. The van der Waals surface area contributed by atoms with Crippen molar-refractivity contribution in [2.45, 2.75) is 39.5 Å². The maximum absolute atomic E-state index is 12.6. The standard InChI is InChI=1S/C15H18F3N5O3/c1-4-22-8-10(13(21-22)14(25)26-3)19-12(24)5-6-23-9(2)7-11(20-23)15(16,17)18/h7-8H,4-6H2,1-3H3,(H,19,24). The lowest BCUT2D eigenvalue weighted by Gasteiger charge is -2.06. The van der Waals surface area contributed by atoms with Crippen molar-refractivity contribution in [2.24, 2.45) is 0 Å². The minimum Gasteiger partial charge on any atom is -0.464 e. The minimum absolute atomic E-state index is 0.0385. The van der Waals surface area contributed by atoms with Crippen molar-refractivity contribution < 1.29 is 27.5 Å². The number of carbonyl (C=O) groups excluding carboxylic acids is 2. The van der Waals surface area contributed by atoms with Gasteiger partial charge in [0.1, 0.15) is 0 Å². The van der Waals surface area contributed by atoms with Crippen molar-refractivity contribution in [3.63, 3.8) is 0 Å². The topological polar surface area (TPSA) is 91.0 Å². The maximum Gasteiger partial charge on any atom is 0.435 e. The van der Waals surface area contributed by atoms with Crippen molar-refractivity contribution in [2.75, 3.05) is 12.4 Å². The predicted octanol–water partition coefficient (Wildman–Crippen LogP) is 2.24. The fourth-order valence-electron chi connectivity index (χ4n) is 2.22. The van der Waals surface area contributed by atoms with Gasteiger partial charge in [0.05, 0.1) is 12.8 Å². The van der Waals surface area contributed by atoms with Crippen molar-refractivity contribution in [1.82, 2.24) is 19.6 Å². The van der Waals surface area contributed by atoms with Crippen LogP contribution in [0.15, 0.2) is 12.3 Å². The van der Waals surface area contributed by atoms with Gasteiger partial charge in [-0.25, -0.2) is 4.79 Å². The van der Waals surface area contributed by atoms with E-state index in [1.54, 1.807) is 6.92 Å². The van der Waals surface area contributed by atoms with Crippen molar-refractivity contribution in [1.29, 1.82) is 0 Å². The molecule has 0 aliphatic rings. The lowest BCUT2D eigenvalue weighted by atomic mass is 10.3. The molecular weight excluding hydrogens is 355 g/mol. The van der Waals surface area contributed by atoms with Gasteiger partial charge in [-0.3, -0.25) is 14.2 Å². The summed E-state index contributed by atoms with van der Waals surface area (Å²) < 4.78 is 45.1. The lowest BCUT2D eigenvalue weighted by molar-refractivity contribution is -0.141. The molecule has 142 valence electrons. The number of hydrogen-bond donors (Lipinski definition) is 1. The van der Waals surface area contributed by atoms with Crippen LogP contribution in [0.25, 0.3) is 0 Å². The number of ether oxygens (including phenoxy) is 1. The number of alkyl halides is 3. The van der Waals surface area contributed by atoms with Gasteiger partial charge in [0.2, 0.25) is 5.91 Å². The minimum atomic E-state index is -4.54. The van der Waals surface area contributed by atoms with E-state index in [9.17, 15) is 22.8 Å². The largest absolute Gasteiger partial charge is 0.464 e. The molecule has 0 fully saturated rings. The molecule has 1 amide bonds. The second-order valence-electron chi connectivity index (χ2n) is 5.43. The second kappa shape index (κ2) is 7.58. The number of aryl methyl sites for hydroxylation is 3. The molecule has 0 aliphatic carbocycles. The molecule has 2 rings (SSSR count). The Morgan fingerprint density at radius 3 is 2.54 bits per heavy atom. The number of aromatic nitrogens is 4. The molecule has 0 aromatic carbocycles. The number of esters is 1. The van der Waals surface area contributed by atoms with Gasteiger partial charge < -0.3 is 10.1 Å². The number of carbonyl (C=O) groups is 2. The van der Waals surface area contributed by atoms with Crippen LogP contribution in [-0.4, -0.2) is 38.5 Å². The first-order chi connectivity index (χ1) is 12.2. The molecule has 0 aliphatic heterocycles. The van der Waals surface area contributed by atoms with Crippen LogP contribution in [0.4, 0.5) is 18.9 Å². The number of methoxy groups -OCH3 is 1. The number of nitrogens with zero attached hydrogens (tertiary/aromatic N) is 4. The predicted molar refractivity (Wildman–Crippen MR) is 84.5 cm³/mol. The van der Waals surface area contributed by atoms with E-state index in [0.717, 1.165) is 10.7 Å². The van der Waals surface area contributed by atoms with Gasteiger partial charge in [-0.2, -0.15) is 23.4 Å². The average molecular weight is 373 g/mol. The first-order valence-corrected chi connectivity index (χ1v) is 7.73. The summed E-state index contributed by atoms with van der Waals surface area (Å²) >= 11 is 0. The van der Waals surface area contributed by atoms with E-state index in [0.29, 0.717) is 12.2 Å². The molecular formula is C15H18F3N5O3. The van der Waals surface area contributed by atoms with Crippen LogP contribution >= 0.6 is 0 Å². The Kier molecular flexibility index (Phi) is 5.68. The third-order valence-corrected chi connectivity index (χ3v) is 3.56. The zero-order chi connectivity index (χ0) is 19.5. The SMILES string of the molecule is CCn1cc(NC(=O)CCn2nc(C(F)(F)F)cc2C)c(C(=O)OC)n1. The van der Waals surface area contributed by atoms with E-state index in [-0.39, 0.29) is 24.3 Å². The van der Waals surface area contributed by atoms with E-state index >= 15 is 0 Å². The molecule has 0 saturated carbocycles. The molecule has 8 nitrogen and oxygen atoms in total. The van der Waals surface area contributed by atoms with Gasteiger partial charge in [0, 0.05) is 31.4 Å². The summed E-state index contributed by atoms with van der Waals surface area (Å²) in [5, 5.41) is 9.98. The Balaban J connectivity index is 2.05. The molecule has 11 heteroatoms. The van der Waals surface area contributed by atoms with Crippen LogP contribution in [-0.2, 0) is 28.8 Å². The highest BCUT2D eigenvalue weighted by Crippen LogP contribution is 2.28. The fraction of sp³-hybridized carbons (Fsp3) is 0.467. The van der Waals surface area contributed by atoms with Crippen LogP contribution in [0, 0.1) is 6.92 Å². The molecule has 26 heavy (non-hydrogen) atoms. The summed E-state index contributed by atoms with van der Waals surface area (Å²) in [4.78, 5) is 23.8. The van der Waals surface area contributed by atoms with Gasteiger partial charge >= 0.3 is 12.1 Å². The van der Waals surface area contributed by atoms with Gasteiger partial charge in [-0.05, 0) is 19.9 Å². The number of halogens is 3. The zero-order valence-electron chi connectivity index (χ0n) is 14.4. The van der Waals surface area contributed by atoms with Crippen molar-refractivity contribution >= 4 is 17.6 Å². The first-order valence-electron chi connectivity index (χ1n) is 7.73. The van der Waals surface area contributed by atoms with Crippen LogP contribution in [0.2, 0.25) is 0 Å². The number of amides is 1. The molecule has 0 bridgehead atoms. The fourth-order valence-corrected chi connectivity index (χ4v) is 2.22. The zero-order valence-corrected chi connectivity index (χ0v) is 14.4. The number of rotatable bonds is 6. The van der Waals surface area contributed by atoms with Crippen molar-refractivity contribution in [3.8, 4) is 0 Å². The Morgan fingerprint density at radius 2 is 2.00 bits per heavy atom. The Morgan fingerprint density at radius 1 is 1.31 bits per heavy atom. The Bertz CT molecular complexity index is 810. The van der Waals surface area contributed by atoms with Crippen LogP contribution < -0.4 is 5.32 Å². The van der Waals surface area contributed by atoms with E-state index < -0.39 is 23.7 Å². The highest BCUT2D eigenvalue weighted by Gasteiger charge is 2.34. The molecule has 2 aromatic rings. The third-order valence-electron chi connectivity index (χ3n) is 3.56. The van der Waals surface area contributed by atoms with Crippen LogP contribution in [0.5, 0.6) is 0 Å². The average Bonchev–Trinajstić information content (AvgIpc) is 3.15. The summed E-state index contributed by atoms with van der Waals surface area (Å²) in [5.41, 5.74) is -0.582. The first kappa shape index (κ1) is 19.5. The smallest absolute Gasteiger partial charge is 0.435 e. The van der Waals surface area contributed by atoms with E-state index in [2.05, 4.69) is 20.3 Å². The maximum atomic E-state index is 12.6. The highest BCUT2D eigenvalue weighted by atomic mass is 19.4. The molecule has 0 saturated heterocycles. The van der Waals surface area contributed by atoms with Crippen LogP contribution in [0.3, 0.4) is 0 Å². The van der Waals surface area contributed by atoms with Crippen molar-refractivity contribution in [3.05, 3.63) is 29.3 Å².